The molecule has 7 nitrogen and oxygen atoms in total. The number of carbonyl (C=O) groups is 1. The van der Waals surface area contributed by atoms with Gasteiger partial charge in [-0.1, -0.05) is 23.7 Å². The molecule has 0 spiro atoms. The molecule has 32 heavy (non-hydrogen) atoms. The van der Waals surface area contributed by atoms with Crippen LogP contribution in [0.3, 0.4) is 0 Å². The molecule has 0 atom stereocenters. The Kier molecular flexibility index (Phi) is 8.39. The van der Waals surface area contributed by atoms with Crippen molar-refractivity contribution in [3.63, 3.8) is 0 Å². The van der Waals surface area contributed by atoms with Crippen molar-refractivity contribution >= 4 is 27.5 Å². The molecule has 1 N–H and O–H groups in total. The number of nitrogens with one attached hydrogen (secondary N) is 1. The molecule has 174 valence electrons. The van der Waals surface area contributed by atoms with E-state index in [-0.39, 0.29) is 21.7 Å². The summed E-state index contributed by atoms with van der Waals surface area (Å²) in [5, 5.41) is 3.23. The van der Waals surface area contributed by atoms with Crippen molar-refractivity contribution in [1.29, 1.82) is 0 Å². The highest BCUT2D eigenvalue weighted by molar-refractivity contribution is 7.89. The molecule has 1 aliphatic rings. The van der Waals surface area contributed by atoms with Crippen LogP contribution in [0, 0.1) is 5.92 Å². The molecule has 0 saturated carbocycles. The van der Waals surface area contributed by atoms with Crippen LogP contribution < -0.4 is 14.8 Å². The van der Waals surface area contributed by atoms with E-state index in [4.69, 9.17) is 21.1 Å². The summed E-state index contributed by atoms with van der Waals surface area (Å²) >= 11 is 6.16. The second kappa shape index (κ2) is 11.0. The lowest BCUT2D eigenvalue weighted by Crippen LogP contribution is -2.43. The van der Waals surface area contributed by atoms with Crippen molar-refractivity contribution in [3.05, 3.63) is 53.1 Å². The zero-order valence-corrected chi connectivity index (χ0v) is 19.9. The summed E-state index contributed by atoms with van der Waals surface area (Å²) in [5.41, 5.74) is 1.11. The Morgan fingerprint density at radius 3 is 2.44 bits per heavy atom. The van der Waals surface area contributed by atoms with Crippen LogP contribution in [-0.4, -0.2) is 52.0 Å². The van der Waals surface area contributed by atoms with E-state index in [0.29, 0.717) is 44.8 Å². The molecule has 0 aromatic heterocycles. The van der Waals surface area contributed by atoms with E-state index in [2.05, 4.69) is 5.32 Å². The van der Waals surface area contributed by atoms with Crippen molar-refractivity contribution in [2.24, 2.45) is 5.92 Å². The molecule has 1 aliphatic heterocycles. The summed E-state index contributed by atoms with van der Waals surface area (Å²) in [5.74, 6) is 1.03. The SMILES string of the molecule is CCOc1ccc(S(=O)(=O)N2CCC(C(=O)NCCc3ccc(OC)cc3)CC2)cc1Cl. The van der Waals surface area contributed by atoms with Gasteiger partial charge in [-0.05, 0) is 62.1 Å². The number of hydrogen-bond donors (Lipinski definition) is 1. The van der Waals surface area contributed by atoms with Crippen LogP contribution in [-0.2, 0) is 21.2 Å². The summed E-state index contributed by atoms with van der Waals surface area (Å²) < 4.78 is 37.9. The molecule has 1 amide bonds. The molecular weight excluding hydrogens is 452 g/mol. The molecule has 0 bridgehead atoms. The zero-order chi connectivity index (χ0) is 23.1. The molecular formula is C23H29ClN2O5S. The van der Waals surface area contributed by atoms with E-state index in [1.165, 1.54) is 16.4 Å². The largest absolute Gasteiger partial charge is 0.497 e. The smallest absolute Gasteiger partial charge is 0.243 e. The Labute approximate surface area is 194 Å². The third-order valence-corrected chi connectivity index (χ3v) is 7.73. The quantitative estimate of drug-likeness (QED) is 0.593. The fourth-order valence-corrected chi connectivity index (χ4v) is 5.48. The summed E-state index contributed by atoms with van der Waals surface area (Å²) in [7, 11) is -2.05. The van der Waals surface area contributed by atoms with Gasteiger partial charge in [-0.2, -0.15) is 4.31 Å². The maximum absolute atomic E-state index is 13.0. The molecule has 2 aromatic carbocycles. The van der Waals surface area contributed by atoms with Crippen LogP contribution in [0.25, 0.3) is 0 Å². The first-order valence-electron chi connectivity index (χ1n) is 10.7. The second-order valence-electron chi connectivity index (χ2n) is 7.59. The lowest BCUT2D eigenvalue weighted by atomic mass is 9.97. The number of methoxy groups -OCH3 is 1. The summed E-state index contributed by atoms with van der Waals surface area (Å²) in [6.07, 6.45) is 1.69. The van der Waals surface area contributed by atoms with E-state index < -0.39 is 10.0 Å². The van der Waals surface area contributed by atoms with E-state index in [9.17, 15) is 13.2 Å². The lowest BCUT2D eigenvalue weighted by Gasteiger charge is -2.30. The van der Waals surface area contributed by atoms with Gasteiger partial charge in [-0.25, -0.2) is 8.42 Å². The molecule has 1 saturated heterocycles. The van der Waals surface area contributed by atoms with Gasteiger partial charge in [0.15, 0.2) is 0 Å². The first-order valence-corrected chi connectivity index (χ1v) is 12.5. The maximum Gasteiger partial charge on any atom is 0.243 e. The Morgan fingerprint density at radius 1 is 1.16 bits per heavy atom. The van der Waals surface area contributed by atoms with Crippen LogP contribution >= 0.6 is 11.6 Å². The second-order valence-corrected chi connectivity index (χ2v) is 9.94. The normalized spacial score (nSPS) is 15.3. The van der Waals surface area contributed by atoms with Gasteiger partial charge in [0.1, 0.15) is 11.5 Å². The number of rotatable bonds is 9. The number of halogens is 1. The van der Waals surface area contributed by atoms with Crippen molar-refractivity contribution < 1.29 is 22.7 Å². The van der Waals surface area contributed by atoms with Gasteiger partial charge in [0.05, 0.1) is 23.6 Å². The van der Waals surface area contributed by atoms with E-state index in [1.54, 1.807) is 13.2 Å². The number of carbonyl (C=O) groups excluding carboxylic acids is 1. The Balaban J connectivity index is 1.50. The van der Waals surface area contributed by atoms with Gasteiger partial charge in [-0.15, -0.1) is 0 Å². The van der Waals surface area contributed by atoms with Crippen LogP contribution in [0.5, 0.6) is 11.5 Å². The molecule has 1 heterocycles. The highest BCUT2D eigenvalue weighted by Crippen LogP contribution is 2.30. The molecule has 1 fully saturated rings. The molecule has 3 rings (SSSR count). The van der Waals surface area contributed by atoms with Crippen LogP contribution in [0.1, 0.15) is 25.3 Å². The first kappa shape index (κ1) is 24.4. The van der Waals surface area contributed by atoms with Gasteiger partial charge >= 0.3 is 0 Å². The minimum absolute atomic E-state index is 0.0281. The Morgan fingerprint density at radius 2 is 1.84 bits per heavy atom. The average Bonchev–Trinajstić information content (AvgIpc) is 2.81. The van der Waals surface area contributed by atoms with E-state index in [1.807, 2.05) is 31.2 Å². The van der Waals surface area contributed by atoms with Crippen molar-refractivity contribution in [2.45, 2.75) is 31.1 Å². The van der Waals surface area contributed by atoms with E-state index >= 15 is 0 Å². The monoisotopic (exact) mass is 480 g/mol. The van der Waals surface area contributed by atoms with Crippen LogP contribution in [0.15, 0.2) is 47.4 Å². The van der Waals surface area contributed by atoms with Crippen LogP contribution in [0.4, 0.5) is 0 Å². The van der Waals surface area contributed by atoms with Gasteiger partial charge in [0.2, 0.25) is 15.9 Å². The van der Waals surface area contributed by atoms with Crippen molar-refractivity contribution in [2.75, 3.05) is 33.4 Å². The molecule has 0 radical (unpaired) electrons. The number of benzene rings is 2. The summed E-state index contributed by atoms with van der Waals surface area (Å²) in [6, 6.07) is 12.2. The molecule has 2 aromatic rings. The standard InChI is InChI=1S/C23H29ClN2O5S/c1-3-31-22-9-8-20(16-21(22)24)32(28,29)26-14-11-18(12-15-26)23(27)25-13-10-17-4-6-19(30-2)7-5-17/h4-9,16,18H,3,10-15H2,1-2H3,(H,25,27). The number of sulfonamides is 1. The van der Waals surface area contributed by atoms with Crippen molar-refractivity contribution in [1.82, 2.24) is 9.62 Å². The molecule has 0 aliphatic carbocycles. The highest BCUT2D eigenvalue weighted by Gasteiger charge is 2.32. The van der Waals surface area contributed by atoms with Gasteiger partial charge < -0.3 is 14.8 Å². The predicted molar refractivity (Wildman–Crippen MR) is 124 cm³/mol. The lowest BCUT2D eigenvalue weighted by molar-refractivity contribution is -0.126. The summed E-state index contributed by atoms with van der Waals surface area (Å²) in [6.45, 7) is 3.41. The number of hydrogen-bond acceptors (Lipinski definition) is 5. The van der Waals surface area contributed by atoms with Crippen LogP contribution in [0.2, 0.25) is 5.02 Å². The molecule has 0 unspecified atom stereocenters. The number of piperidine rings is 1. The predicted octanol–water partition coefficient (Wildman–Crippen LogP) is 3.51. The van der Waals surface area contributed by atoms with Crippen molar-refractivity contribution in [3.8, 4) is 11.5 Å². The fourth-order valence-electron chi connectivity index (χ4n) is 3.69. The Hall–Kier alpha value is -2.29. The van der Waals surface area contributed by atoms with Gasteiger partial charge in [0, 0.05) is 25.6 Å². The maximum atomic E-state index is 13.0. The first-order chi connectivity index (χ1) is 15.3. The highest BCUT2D eigenvalue weighted by atomic mass is 35.5. The number of ether oxygens (including phenoxy) is 2. The Bertz CT molecular complexity index is 1020. The average molecular weight is 481 g/mol. The third-order valence-electron chi connectivity index (χ3n) is 5.54. The number of nitrogens with zero attached hydrogens (tertiary/aromatic N) is 1. The van der Waals surface area contributed by atoms with Gasteiger partial charge in [0.25, 0.3) is 0 Å². The fraction of sp³-hybridized carbons (Fsp3) is 0.435. The minimum Gasteiger partial charge on any atom is -0.497 e. The third kappa shape index (κ3) is 5.94. The van der Waals surface area contributed by atoms with E-state index in [0.717, 1.165) is 17.7 Å². The molecule has 9 heteroatoms. The minimum atomic E-state index is -3.67. The summed E-state index contributed by atoms with van der Waals surface area (Å²) in [4.78, 5) is 12.7. The van der Waals surface area contributed by atoms with Gasteiger partial charge in [-0.3, -0.25) is 4.79 Å². The number of amides is 1. The zero-order valence-electron chi connectivity index (χ0n) is 18.3. The topological polar surface area (TPSA) is 84.9 Å².